The summed E-state index contributed by atoms with van der Waals surface area (Å²) in [6, 6.07) is 4.90. The zero-order chi connectivity index (χ0) is 17.6. The van der Waals surface area contributed by atoms with Crippen molar-refractivity contribution in [3.8, 4) is 6.07 Å². The van der Waals surface area contributed by atoms with Crippen molar-refractivity contribution in [2.24, 2.45) is 5.92 Å². The summed E-state index contributed by atoms with van der Waals surface area (Å²) in [7, 11) is 1.04. The fraction of sp³-hybridized carbons (Fsp3) is 0.286. The van der Waals surface area contributed by atoms with E-state index in [4.69, 9.17) is 5.26 Å². The van der Waals surface area contributed by atoms with Crippen molar-refractivity contribution in [2.75, 3.05) is 12.4 Å². The summed E-state index contributed by atoms with van der Waals surface area (Å²) in [4.78, 5) is 34.4. The molecule has 1 aromatic rings. The van der Waals surface area contributed by atoms with Crippen molar-refractivity contribution in [2.45, 2.75) is 12.6 Å². The van der Waals surface area contributed by atoms with Gasteiger partial charge in [0.2, 0.25) is 5.91 Å². The number of halogens is 3. The van der Waals surface area contributed by atoms with E-state index in [0.29, 0.717) is 0 Å². The molecule has 9 heteroatoms. The fourth-order valence-electron chi connectivity index (χ4n) is 1.55. The van der Waals surface area contributed by atoms with Gasteiger partial charge in [0, 0.05) is 5.69 Å². The zero-order valence-corrected chi connectivity index (χ0v) is 11.8. The Morgan fingerprint density at radius 3 is 2.26 bits per heavy atom. The van der Waals surface area contributed by atoms with Crippen LogP contribution in [0.5, 0.6) is 0 Å². The van der Waals surface area contributed by atoms with E-state index in [1.54, 1.807) is 0 Å². The first-order valence-corrected chi connectivity index (χ1v) is 6.16. The van der Waals surface area contributed by atoms with Crippen LogP contribution in [0.2, 0.25) is 0 Å². The number of methoxy groups -OCH3 is 1. The summed E-state index contributed by atoms with van der Waals surface area (Å²) in [6.45, 7) is 0. The van der Waals surface area contributed by atoms with E-state index in [9.17, 15) is 27.6 Å². The Balaban J connectivity index is 2.79. The number of nitriles is 1. The molecule has 0 aliphatic carbocycles. The van der Waals surface area contributed by atoms with Gasteiger partial charge in [-0.15, -0.1) is 0 Å². The molecule has 0 aliphatic rings. The van der Waals surface area contributed by atoms with Crippen LogP contribution in [0.15, 0.2) is 24.3 Å². The number of esters is 1. The Morgan fingerprint density at radius 1 is 1.26 bits per heavy atom. The molecule has 122 valence electrons. The van der Waals surface area contributed by atoms with Crippen LogP contribution in [-0.4, -0.2) is 24.8 Å². The van der Waals surface area contributed by atoms with Gasteiger partial charge in [-0.25, -0.2) is 0 Å². The van der Waals surface area contributed by atoms with Crippen molar-refractivity contribution in [1.29, 1.82) is 5.26 Å². The minimum Gasteiger partial charge on any atom is -0.469 e. The van der Waals surface area contributed by atoms with Crippen molar-refractivity contribution >= 4 is 23.3 Å². The Morgan fingerprint density at radius 2 is 1.83 bits per heavy atom. The molecule has 0 bridgehead atoms. The van der Waals surface area contributed by atoms with Crippen LogP contribution >= 0.6 is 0 Å². The van der Waals surface area contributed by atoms with Crippen LogP contribution in [0, 0.1) is 17.2 Å². The van der Waals surface area contributed by atoms with Gasteiger partial charge in [0.05, 0.1) is 18.7 Å². The van der Waals surface area contributed by atoms with Gasteiger partial charge in [-0.1, -0.05) is 0 Å². The van der Waals surface area contributed by atoms with E-state index >= 15 is 0 Å². The number of ether oxygens (including phenoxy) is 1. The average Bonchev–Trinajstić information content (AvgIpc) is 2.47. The van der Waals surface area contributed by atoms with Crippen LogP contribution in [0.1, 0.15) is 12.0 Å². The number of amides is 1. The number of benzene rings is 1. The molecule has 6 nitrogen and oxygen atoms in total. The quantitative estimate of drug-likeness (QED) is 0.658. The van der Waals surface area contributed by atoms with E-state index in [1.807, 2.05) is 0 Å². The number of rotatable bonds is 5. The molecule has 0 heterocycles. The normalized spacial score (nSPS) is 12.0. The lowest BCUT2D eigenvalue weighted by Gasteiger charge is -2.10. The number of nitrogens with one attached hydrogen (secondary N) is 1. The van der Waals surface area contributed by atoms with Gasteiger partial charge in [0.15, 0.2) is 11.7 Å². The maximum atomic E-state index is 12.4. The maximum absolute atomic E-state index is 12.4. The summed E-state index contributed by atoms with van der Waals surface area (Å²) >= 11 is 0. The van der Waals surface area contributed by atoms with Gasteiger partial charge in [-0.05, 0) is 24.3 Å². The topological polar surface area (TPSA) is 96.3 Å². The van der Waals surface area contributed by atoms with Crippen molar-refractivity contribution in [3.63, 3.8) is 0 Å². The molecule has 0 radical (unpaired) electrons. The molecule has 1 aromatic carbocycles. The summed E-state index contributed by atoms with van der Waals surface area (Å²) in [5.41, 5.74) is -0.928. The highest BCUT2D eigenvalue weighted by atomic mass is 19.4. The highest BCUT2D eigenvalue weighted by Crippen LogP contribution is 2.29. The summed E-state index contributed by atoms with van der Waals surface area (Å²) in [6.07, 6.45) is -5.27. The predicted octanol–water partition coefficient (Wildman–Crippen LogP) is 1.92. The number of alkyl halides is 3. The molecular formula is C14H11F3N2O4. The molecule has 1 amide bonds. The number of carbonyl (C=O) groups is 3. The highest BCUT2D eigenvalue weighted by Gasteiger charge is 2.31. The largest absolute Gasteiger partial charge is 0.469 e. The number of Topliss-reactive ketones (excluding diaryl/α,β-unsaturated/α-hetero) is 1. The van der Waals surface area contributed by atoms with E-state index in [1.165, 1.54) is 6.07 Å². The first-order chi connectivity index (χ1) is 10.7. The molecule has 0 saturated carbocycles. The molecule has 0 saturated heterocycles. The van der Waals surface area contributed by atoms with E-state index < -0.39 is 41.7 Å². The molecule has 0 fully saturated rings. The third-order valence-electron chi connectivity index (χ3n) is 2.74. The molecular weight excluding hydrogens is 317 g/mol. The molecule has 1 atom stereocenters. The minimum atomic E-state index is -4.52. The second kappa shape index (κ2) is 7.40. The molecule has 1 N–H and O–H groups in total. The zero-order valence-electron chi connectivity index (χ0n) is 11.8. The average molecular weight is 328 g/mol. The molecule has 0 spiro atoms. The summed E-state index contributed by atoms with van der Waals surface area (Å²) in [5, 5.41) is 11.0. The lowest BCUT2D eigenvalue weighted by Crippen LogP contribution is -2.30. The van der Waals surface area contributed by atoms with E-state index in [-0.39, 0.29) is 5.69 Å². The number of hydrogen-bond donors (Lipinski definition) is 1. The van der Waals surface area contributed by atoms with E-state index in [0.717, 1.165) is 31.4 Å². The van der Waals surface area contributed by atoms with Gasteiger partial charge >= 0.3 is 12.1 Å². The number of ketones is 1. The summed E-state index contributed by atoms with van der Waals surface area (Å²) in [5.74, 6) is -4.68. The number of carbonyl (C=O) groups excluding carboxylic acids is 3. The van der Waals surface area contributed by atoms with Crippen LogP contribution in [-0.2, 0) is 25.3 Å². The summed E-state index contributed by atoms with van der Waals surface area (Å²) < 4.78 is 41.5. The standard InChI is InChI=1S/C14H11F3N2O4/c1-23-12(21)6-11(20)10(7-18)13(22)19-9-4-2-8(3-5-9)14(15,16)17/h2-5,10H,6H2,1H3,(H,19,22). The van der Waals surface area contributed by atoms with Crippen LogP contribution in [0.4, 0.5) is 18.9 Å². The molecule has 1 rings (SSSR count). The van der Waals surface area contributed by atoms with Crippen molar-refractivity contribution < 1.29 is 32.3 Å². The lowest BCUT2D eigenvalue weighted by molar-refractivity contribution is -0.144. The van der Waals surface area contributed by atoms with Gasteiger partial charge in [-0.3, -0.25) is 14.4 Å². The number of nitrogens with zero attached hydrogens (tertiary/aromatic N) is 1. The number of hydrogen-bond acceptors (Lipinski definition) is 5. The third-order valence-corrected chi connectivity index (χ3v) is 2.74. The van der Waals surface area contributed by atoms with Crippen LogP contribution in [0.3, 0.4) is 0 Å². The molecule has 0 aromatic heterocycles. The lowest BCUT2D eigenvalue weighted by atomic mass is 10.0. The molecule has 0 aliphatic heterocycles. The van der Waals surface area contributed by atoms with Gasteiger partial charge in [0.25, 0.3) is 0 Å². The Labute approximate surface area is 128 Å². The molecule has 23 heavy (non-hydrogen) atoms. The van der Waals surface area contributed by atoms with Crippen molar-refractivity contribution in [1.82, 2.24) is 0 Å². The third kappa shape index (κ3) is 5.10. The van der Waals surface area contributed by atoms with Gasteiger partial charge in [0.1, 0.15) is 6.42 Å². The second-order valence-corrected chi connectivity index (χ2v) is 4.35. The Kier molecular flexibility index (Phi) is 5.84. The maximum Gasteiger partial charge on any atom is 0.416 e. The number of anilines is 1. The SMILES string of the molecule is COC(=O)CC(=O)C(C#N)C(=O)Nc1ccc(C(F)(F)F)cc1. The predicted molar refractivity (Wildman–Crippen MR) is 70.8 cm³/mol. The first kappa shape index (κ1) is 18.2. The van der Waals surface area contributed by atoms with E-state index in [2.05, 4.69) is 10.1 Å². The Hall–Kier alpha value is -2.89. The Bertz CT molecular complexity index is 647. The first-order valence-electron chi connectivity index (χ1n) is 6.16. The van der Waals surface area contributed by atoms with Crippen LogP contribution in [0.25, 0.3) is 0 Å². The van der Waals surface area contributed by atoms with Gasteiger partial charge < -0.3 is 10.1 Å². The molecule has 1 unspecified atom stereocenters. The van der Waals surface area contributed by atoms with Crippen molar-refractivity contribution in [3.05, 3.63) is 29.8 Å². The van der Waals surface area contributed by atoms with Crippen LogP contribution < -0.4 is 5.32 Å². The van der Waals surface area contributed by atoms with Gasteiger partial charge in [-0.2, -0.15) is 18.4 Å². The second-order valence-electron chi connectivity index (χ2n) is 4.35. The fourth-order valence-corrected chi connectivity index (χ4v) is 1.55. The monoisotopic (exact) mass is 328 g/mol. The smallest absolute Gasteiger partial charge is 0.416 e. The minimum absolute atomic E-state index is 0.0193. The highest BCUT2D eigenvalue weighted by molar-refractivity contribution is 6.13.